The van der Waals surface area contributed by atoms with E-state index in [-0.39, 0.29) is 26.4 Å². The van der Waals surface area contributed by atoms with Crippen LogP contribution in [0.2, 0.25) is 10.0 Å². The van der Waals surface area contributed by atoms with Gasteiger partial charge in [-0.2, -0.15) is 0 Å². The number of anilines is 1. The molecule has 2 aromatic rings. The lowest BCUT2D eigenvalue weighted by molar-refractivity contribution is -0.122. The highest BCUT2D eigenvalue weighted by Crippen LogP contribution is 2.38. The first-order valence-electron chi connectivity index (χ1n) is 8.47. The lowest BCUT2D eigenvalue weighted by atomic mass is 10.0. The molecule has 1 N–H and O–H groups in total. The van der Waals surface area contributed by atoms with Crippen molar-refractivity contribution in [2.24, 2.45) is 0 Å². The number of carbonyl (C=O) groups excluding carboxylic acids is 2. The summed E-state index contributed by atoms with van der Waals surface area (Å²) in [6.45, 7) is 0. The summed E-state index contributed by atoms with van der Waals surface area (Å²) in [6.07, 6.45) is 1.36. The van der Waals surface area contributed by atoms with Gasteiger partial charge >= 0.3 is 0 Å². The molecule has 10 heteroatoms. The zero-order chi connectivity index (χ0) is 22.0. The molecule has 1 heterocycles. The number of ether oxygens (including phenoxy) is 3. The topological polar surface area (TPSA) is 77.1 Å². The Morgan fingerprint density at radius 3 is 2.23 bits per heavy atom. The van der Waals surface area contributed by atoms with Gasteiger partial charge in [-0.15, -0.1) is 0 Å². The Bertz CT molecular complexity index is 1060. The number of methoxy groups -OCH3 is 3. The molecule has 0 unspecified atom stereocenters. The van der Waals surface area contributed by atoms with E-state index in [2.05, 4.69) is 5.32 Å². The van der Waals surface area contributed by atoms with Crippen molar-refractivity contribution >= 4 is 64.1 Å². The number of hydrogen-bond acceptors (Lipinski definition) is 6. The van der Waals surface area contributed by atoms with Crippen molar-refractivity contribution in [1.29, 1.82) is 0 Å². The molecule has 30 heavy (non-hydrogen) atoms. The molecule has 156 valence electrons. The summed E-state index contributed by atoms with van der Waals surface area (Å²) in [7, 11) is 4.40. The molecule has 2 amide bonds. The monoisotopic (exact) mass is 466 g/mol. The number of nitrogens with zero attached hydrogens (tertiary/aromatic N) is 1. The van der Waals surface area contributed by atoms with Gasteiger partial charge in [0.2, 0.25) is 0 Å². The van der Waals surface area contributed by atoms with Crippen molar-refractivity contribution in [3.63, 3.8) is 0 Å². The molecule has 0 aliphatic carbocycles. The van der Waals surface area contributed by atoms with E-state index < -0.39 is 11.8 Å². The van der Waals surface area contributed by atoms with Crippen LogP contribution in [0.5, 0.6) is 17.2 Å². The first kappa shape index (κ1) is 21.9. The zero-order valence-corrected chi connectivity index (χ0v) is 18.4. The van der Waals surface area contributed by atoms with Crippen LogP contribution in [0.1, 0.15) is 5.56 Å². The van der Waals surface area contributed by atoms with Gasteiger partial charge < -0.3 is 14.2 Å². The lowest BCUT2D eigenvalue weighted by Crippen LogP contribution is -2.54. The van der Waals surface area contributed by atoms with Crippen LogP contribution in [0.15, 0.2) is 35.9 Å². The molecule has 1 fully saturated rings. The molecule has 7 nitrogen and oxygen atoms in total. The molecule has 0 saturated carbocycles. The minimum absolute atomic E-state index is 0.111. The maximum Gasteiger partial charge on any atom is 0.270 e. The normalized spacial score (nSPS) is 15.3. The van der Waals surface area contributed by atoms with Crippen LogP contribution in [-0.4, -0.2) is 38.3 Å². The van der Waals surface area contributed by atoms with Crippen LogP contribution in [0.25, 0.3) is 6.08 Å². The molecule has 0 bridgehead atoms. The van der Waals surface area contributed by atoms with Crippen LogP contribution >= 0.6 is 35.4 Å². The molecule has 2 aromatic carbocycles. The number of nitrogens with one attached hydrogen (secondary N) is 1. The van der Waals surface area contributed by atoms with E-state index >= 15 is 0 Å². The van der Waals surface area contributed by atoms with Crippen LogP contribution in [0.3, 0.4) is 0 Å². The van der Waals surface area contributed by atoms with Crippen molar-refractivity contribution in [1.82, 2.24) is 5.32 Å². The van der Waals surface area contributed by atoms with Gasteiger partial charge in [-0.1, -0.05) is 29.3 Å². The molecule has 0 atom stereocenters. The fraction of sp³-hybridized carbons (Fsp3) is 0.150. The number of hydrogen-bond donors (Lipinski definition) is 1. The van der Waals surface area contributed by atoms with Crippen LogP contribution in [0, 0.1) is 0 Å². The van der Waals surface area contributed by atoms with Gasteiger partial charge in [0.05, 0.1) is 42.6 Å². The predicted molar refractivity (Wildman–Crippen MR) is 119 cm³/mol. The standard InChI is InChI=1S/C20H16Cl2N2O5S/c1-27-10-7-15(28-2)11(16(8-10)29-3)9-12-18(25)23-20(30)24(19(12)26)14-6-4-5-13(21)17(14)22/h4-9H,1-3H3,(H,23,25,30)/b12-9+. The maximum atomic E-state index is 13.2. The SMILES string of the molecule is COc1cc(OC)c(/C=C2\C(=O)NC(=S)N(c3cccc(Cl)c3Cl)C2=O)c(OC)c1. The molecule has 0 aromatic heterocycles. The second-order valence-corrected chi connectivity index (χ2v) is 7.15. The highest BCUT2D eigenvalue weighted by atomic mass is 35.5. The molecule has 1 aliphatic rings. The van der Waals surface area contributed by atoms with Gasteiger partial charge in [-0.3, -0.25) is 19.8 Å². The average molecular weight is 467 g/mol. The van der Waals surface area contributed by atoms with E-state index in [1.165, 1.54) is 27.4 Å². The Kier molecular flexibility index (Phi) is 6.50. The van der Waals surface area contributed by atoms with Gasteiger partial charge in [-0.05, 0) is 30.4 Å². The first-order chi connectivity index (χ1) is 14.3. The quantitative estimate of drug-likeness (QED) is 0.409. The van der Waals surface area contributed by atoms with Crippen LogP contribution < -0.4 is 24.4 Å². The number of rotatable bonds is 5. The van der Waals surface area contributed by atoms with Gasteiger partial charge in [0.15, 0.2) is 5.11 Å². The van der Waals surface area contributed by atoms with Crippen LogP contribution in [0.4, 0.5) is 5.69 Å². The Balaban J connectivity index is 2.15. The van der Waals surface area contributed by atoms with E-state index in [0.29, 0.717) is 22.8 Å². The summed E-state index contributed by atoms with van der Waals surface area (Å²) in [4.78, 5) is 26.9. The first-order valence-corrected chi connectivity index (χ1v) is 9.64. The lowest BCUT2D eigenvalue weighted by Gasteiger charge is -2.29. The Morgan fingerprint density at radius 2 is 1.67 bits per heavy atom. The van der Waals surface area contributed by atoms with E-state index in [9.17, 15) is 9.59 Å². The largest absolute Gasteiger partial charge is 0.496 e. The Hall–Kier alpha value is -2.81. The van der Waals surface area contributed by atoms with Crippen molar-refractivity contribution in [2.75, 3.05) is 26.2 Å². The highest BCUT2D eigenvalue weighted by molar-refractivity contribution is 7.80. The number of halogens is 2. The summed E-state index contributed by atoms with van der Waals surface area (Å²) in [5, 5.41) is 2.75. The van der Waals surface area contributed by atoms with Crippen LogP contribution in [-0.2, 0) is 9.59 Å². The third-order valence-corrected chi connectivity index (χ3v) is 5.41. The third kappa shape index (κ3) is 3.94. The van der Waals surface area contributed by atoms with E-state index in [1.807, 2.05) is 0 Å². The minimum atomic E-state index is -0.673. The fourth-order valence-corrected chi connectivity index (χ4v) is 3.51. The third-order valence-electron chi connectivity index (χ3n) is 4.32. The summed E-state index contributed by atoms with van der Waals surface area (Å²) in [6, 6.07) is 7.98. The number of carbonyl (C=O) groups is 2. The number of thiocarbonyl (C=S) groups is 1. The molecule has 1 saturated heterocycles. The zero-order valence-electron chi connectivity index (χ0n) is 16.1. The second-order valence-electron chi connectivity index (χ2n) is 5.98. The fourth-order valence-electron chi connectivity index (χ4n) is 2.86. The van der Waals surface area contributed by atoms with Gasteiger partial charge in [0.1, 0.15) is 22.8 Å². The van der Waals surface area contributed by atoms with Gasteiger partial charge in [0.25, 0.3) is 11.8 Å². The molecular formula is C20H16Cl2N2O5S. The smallest absolute Gasteiger partial charge is 0.270 e. The average Bonchev–Trinajstić information content (AvgIpc) is 2.73. The van der Waals surface area contributed by atoms with Crippen molar-refractivity contribution in [3.8, 4) is 17.2 Å². The minimum Gasteiger partial charge on any atom is -0.496 e. The Morgan fingerprint density at radius 1 is 1.03 bits per heavy atom. The number of amides is 2. The summed E-state index contributed by atoms with van der Waals surface area (Å²) in [5.74, 6) is -0.162. The molecule has 0 radical (unpaired) electrons. The number of benzene rings is 2. The van der Waals surface area contributed by atoms with E-state index in [1.54, 1.807) is 30.3 Å². The Labute approximate surface area is 188 Å². The predicted octanol–water partition coefficient (Wildman–Crippen LogP) is 3.85. The summed E-state index contributed by atoms with van der Waals surface area (Å²) in [5.41, 5.74) is 0.435. The van der Waals surface area contributed by atoms with Crippen molar-refractivity contribution < 1.29 is 23.8 Å². The molecule has 3 rings (SSSR count). The second kappa shape index (κ2) is 8.91. The summed E-state index contributed by atoms with van der Waals surface area (Å²) >= 11 is 17.5. The molecule has 0 spiro atoms. The van der Waals surface area contributed by atoms with E-state index in [0.717, 1.165) is 4.90 Å². The van der Waals surface area contributed by atoms with Crippen molar-refractivity contribution in [2.45, 2.75) is 0 Å². The molecule has 1 aliphatic heterocycles. The highest BCUT2D eigenvalue weighted by Gasteiger charge is 2.36. The molecular weight excluding hydrogens is 451 g/mol. The van der Waals surface area contributed by atoms with Gasteiger partial charge in [0, 0.05) is 12.1 Å². The van der Waals surface area contributed by atoms with Gasteiger partial charge in [-0.25, -0.2) is 0 Å². The maximum absolute atomic E-state index is 13.2. The van der Waals surface area contributed by atoms with Crippen molar-refractivity contribution in [3.05, 3.63) is 51.5 Å². The van der Waals surface area contributed by atoms with E-state index in [4.69, 9.17) is 49.6 Å². The summed E-state index contributed by atoms with van der Waals surface area (Å²) < 4.78 is 16.0.